The fraction of sp³-hybridized carbons (Fsp3) is 0.500. The van der Waals surface area contributed by atoms with E-state index in [9.17, 15) is 0 Å². The number of benzene rings is 1. The van der Waals surface area contributed by atoms with Crippen LogP contribution in [0.15, 0.2) is 24.4 Å². The lowest BCUT2D eigenvalue weighted by Crippen LogP contribution is -1.99. The number of rotatable bonds is 7. The average molecular weight is 273 g/mol. The van der Waals surface area contributed by atoms with E-state index in [0.717, 1.165) is 37.3 Å². The summed E-state index contributed by atoms with van der Waals surface area (Å²) in [6.07, 6.45) is 4.98. The molecule has 0 unspecified atom stereocenters. The number of aryl methyl sites for hydroxylation is 4. The van der Waals surface area contributed by atoms with Crippen molar-refractivity contribution in [3.05, 3.63) is 41.2 Å². The first-order valence-electron chi connectivity index (χ1n) is 7.40. The van der Waals surface area contributed by atoms with Crippen molar-refractivity contribution in [1.29, 1.82) is 0 Å². The number of nitrogens with zero attached hydrogens (tertiary/aromatic N) is 3. The molecule has 0 saturated heterocycles. The normalized spacial score (nSPS) is 10.8. The summed E-state index contributed by atoms with van der Waals surface area (Å²) in [4.78, 5) is 0. The lowest BCUT2D eigenvalue weighted by molar-refractivity contribution is 0.340. The van der Waals surface area contributed by atoms with Crippen LogP contribution in [0.2, 0.25) is 0 Å². The molecule has 4 heteroatoms. The summed E-state index contributed by atoms with van der Waals surface area (Å²) in [6.45, 7) is 7.84. The van der Waals surface area contributed by atoms with E-state index < -0.39 is 0 Å². The van der Waals surface area contributed by atoms with E-state index in [1.54, 1.807) is 0 Å². The highest BCUT2D eigenvalue weighted by molar-refractivity contribution is 5.36. The van der Waals surface area contributed by atoms with Crippen LogP contribution in [-0.4, -0.2) is 21.6 Å². The van der Waals surface area contributed by atoms with Gasteiger partial charge in [-0.3, -0.25) is 4.68 Å². The van der Waals surface area contributed by atoms with Crippen LogP contribution in [0.25, 0.3) is 0 Å². The van der Waals surface area contributed by atoms with E-state index in [-0.39, 0.29) is 0 Å². The Kier molecular flexibility index (Phi) is 5.16. The Balaban J connectivity index is 2.04. The second-order valence-electron chi connectivity index (χ2n) is 4.78. The highest BCUT2D eigenvalue weighted by Gasteiger charge is 2.06. The van der Waals surface area contributed by atoms with Crippen LogP contribution < -0.4 is 4.74 Å². The van der Waals surface area contributed by atoms with Crippen LogP contribution >= 0.6 is 0 Å². The Bertz CT molecular complexity index is 548. The zero-order valence-electron chi connectivity index (χ0n) is 12.6. The number of hydrogen-bond donors (Lipinski definition) is 0. The van der Waals surface area contributed by atoms with E-state index in [0.29, 0.717) is 6.61 Å². The molecule has 0 aliphatic carbocycles. The zero-order chi connectivity index (χ0) is 14.4. The van der Waals surface area contributed by atoms with Crippen molar-refractivity contribution in [3.63, 3.8) is 0 Å². The Morgan fingerprint density at radius 1 is 1.10 bits per heavy atom. The molecule has 108 valence electrons. The first-order valence-corrected chi connectivity index (χ1v) is 7.40. The van der Waals surface area contributed by atoms with Gasteiger partial charge in [-0.25, -0.2) is 0 Å². The van der Waals surface area contributed by atoms with Gasteiger partial charge in [0.2, 0.25) is 0 Å². The number of aromatic nitrogens is 3. The summed E-state index contributed by atoms with van der Waals surface area (Å²) in [7, 11) is 0. The topological polar surface area (TPSA) is 39.9 Å². The summed E-state index contributed by atoms with van der Waals surface area (Å²) >= 11 is 0. The van der Waals surface area contributed by atoms with Crippen molar-refractivity contribution in [2.45, 2.75) is 46.6 Å². The number of ether oxygens (including phenoxy) is 1. The van der Waals surface area contributed by atoms with Crippen LogP contribution in [-0.2, 0) is 25.8 Å². The van der Waals surface area contributed by atoms with Crippen LogP contribution in [0.4, 0.5) is 0 Å². The molecule has 0 N–H and O–H groups in total. The molecule has 0 spiro atoms. The Labute approximate surface area is 120 Å². The van der Waals surface area contributed by atoms with E-state index in [4.69, 9.17) is 4.74 Å². The fourth-order valence-corrected chi connectivity index (χ4v) is 2.30. The minimum atomic E-state index is 0.711. The monoisotopic (exact) mass is 273 g/mol. The molecule has 0 radical (unpaired) electrons. The van der Waals surface area contributed by atoms with Gasteiger partial charge in [0.1, 0.15) is 5.75 Å². The fourth-order valence-electron chi connectivity index (χ4n) is 2.30. The van der Waals surface area contributed by atoms with E-state index in [1.165, 1.54) is 11.1 Å². The number of hydrogen-bond acceptors (Lipinski definition) is 3. The Morgan fingerprint density at radius 3 is 2.60 bits per heavy atom. The van der Waals surface area contributed by atoms with Crippen molar-refractivity contribution in [3.8, 4) is 5.75 Å². The van der Waals surface area contributed by atoms with Gasteiger partial charge in [0.15, 0.2) is 0 Å². The molecule has 1 aromatic carbocycles. The SMILES string of the molecule is CCOc1ccc(CCc2cn(CC)nn2)c(CC)c1. The second kappa shape index (κ2) is 7.08. The molecule has 1 aromatic heterocycles. The van der Waals surface area contributed by atoms with Gasteiger partial charge < -0.3 is 4.74 Å². The van der Waals surface area contributed by atoms with Crippen molar-refractivity contribution in [2.24, 2.45) is 0 Å². The lowest BCUT2D eigenvalue weighted by atomic mass is 10.00. The third kappa shape index (κ3) is 3.59. The molecule has 0 amide bonds. The second-order valence-corrected chi connectivity index (χ2v) is 4.78. The summed E-state index contributed by atoms with van der Waals surface area (Å²) in [5, 5.41) is 8.27. The molecular formula is C16H23N3O. The van der Waals surface area contributed by atoms with Gasteiger partial charge in [-0.15, -0.1) is 5.10 Å². The van der Waals surface area contributed by atoms with Crippen LogP contribution in [0.3, 0.4) is 0 Å². The molecule has 20 heavy (non-hydrogen) atoms. The molecular weight excluding hydrogens is 250 g/mol. The molecule has 4 nitrogen and oxygen atoms in total. The van der Waals surface area contributed by atoms with Gasteiger partial charge in [0.25, 0.3) is 0 Å². The third-order valence-electron chi connectivity index (χ3n) is 3.43. The summed E-state index contributed by atoms with van der Waals surface area (Å²) in [6, 6.07) is 6.39. The molecule has 0 aliphatic rings. The minimum absolute atomic E-state index is 0.711. The molecule has 1 heterocycles. The van der Waals surface area contributed by atoms with Crippen LogP contribution in [0, 0.1) is 0 Å². The van der Waals surface area contributed by atoms with Crippen molar-refractivity contribution in [1.82, 2.24) is 15.0 Å². The summed E-state index contributed by atoms with van der Waals surface area (Å²) < 4.78 is 7.43. The van der Waals surface area contributed by atoms with Crippen molar-refractivity contribution in [2.75, 3.05) is 6.61 Å². The molecule has 2 aromatic rings. The molecule has 0 saturated carbocycles. The van der Waals surface area contributed by atoms with Gasteiger partial charge >= 0.3 is 0 Å². The molecule has 0 atom stereocenters. The van der Waals surface area contributed by atoms with Gasteiger partial charge in [0.05, 0.1) is 12.3 Å². The van der Waals surface area contributed by atoms with Crippen LogP contribution in [0.1, 0.15) is 37.6 Å². The standard InChI is InChI=1S/C16H23N3O/c1-4-13-11-16(20-6-3)10-8-14(13)7-9-15-12-19(5-2)18-17-15/h8,10-12H,4-7,9H2,1-3H3. The predicted molar refractivity (Wildman–Crippen MR) is 80.1 cm³/mol. The maximum absolute atomic E-state index is 5.56. The minimum Gasteiger partial charge on any atom is -0.494 e. The maximum atomic E-state index is 5.56. The van der Waals surface area contributed by atoms with E-state index in [1.807, 2.05) is 17.8 Å². The molecule has 2 rings (SSSR count). The Morgan fingerprint density at radius 2 is 1.95 bits per heavy atom. The van der Waals surface area contributed by atoms with Gasteiger partial charge in [-0.2, -0.15) is 0 Å². The van der Waals surface area contributed by atoms with E-state index >= 15 is 0 Å². The third-order valence-corrected chi connectivity index (χ3v) is 3.43. The largest absolute Gasteiger partial charge is 0.494 e. The average Bonchev–Trinajstić information content (AvgIpc) is 2.94. The van der Waals surface area contributed by atoms with Crippen LogP contribution in [0.5, 0.6) is 5.75 Å². The zero-order valence-corrected chi connectivity index (χ0v) is 12.6. The predicted octanol–water partition coefficient (Wildman–Crippen LogP) is 3.04. The highest BCUT2D eigenvalue weighted by atomic mass is 16.5. The van der Waals surface area contributed by atoms with E-state index in [2.05, 4.69) is 42.4 Å². The van der Waals surface area contributed by atoms with Crippen molar-refractivity contribution < 1.29 is 4.74 Å². The summed E-state index contributed by atoms with van der Waals surface area (Å²) in [5.41, 5.74) is 3.80. The molecule has 0 aliphatic heterocycles. The molecule has 0 bridgehead atoms. The quantitative estimate of drug-likeness (QED) is 0.778. The lowest BCUT2D eigenvalue weighted by Gasteiger charge is -2.10. The maximum Gasteiger partial charge on any atom is 0.119 e. The Hall–Kier alpha value is -1.84. The van der Waals surface area contributed by atoms with Gasteiger partial charge in [-0.05, 0) is 56.4 Å². The highest BCUT2D eigenvalue weighted by Crippen LogP contribution is 2.20. The van der Waals surface area contributed by atoms with Crippen molar-refractivity contribution >= 4 is 0 Å². The first kappa shape index (κ1) is 14.6. The van der Waals surface area contributed by atoms with Gasteiger partial charge in [-0.1, -0.05) is 18.2 Å². The smallest absolute Gasteiger partial charge is 0.119 e. The van der Waals surface area contributed by atoms with Gasteiger partial charge in [0, 0.05) is 12.7 Å². The molecule has 0 fully saturated rings. The summed E-state index contributed by atoms with van der Waals surface area (Å²) in [5.74, 6) is 0.963. The first-order chi connectivity index (χ1) is 9.76.